The summed E-state index contributed by atoms with van der Waals surface area (Å²) >= 11 is 0. The molecule has 0 fully saturated rings. The Hall–Kier alpha value is -1.08. The average Bonchev–Trinajstić information content (AvgIpc) is 2.04. The number of hydrogen-bond acceptors (Lipinski definition) is 1. The number of benzene rings is 1. The largest absolute Gasteiger partial charge is 0.382 e. The van der Waals surface area contributed by atoms with Gasteiger partial charge >= 0.3 is 0 Å². The van der Waals surface area contributed by atoms with Gasteiger partial charge in [-0.15, -0.1) is 0 Å². The van der Waals surface area contributed by atoms with Crippen LogP contribution in [0.3, 0.4) is 0 Å². The van der Waals surface area contributed by atoms with E-state index in [1.54, 1.807) is 6.08 Å². The fourth-order valence-corrected chi connectivity index (χ4v) is 1.30. The van der Waals surface area contributed by atoms with E-state index in [4.69, 9.17) is 0 Å². The minimum atomic E-state index is 0.448. The van der Waals surface area contributed by atoms with Crippen LogP contribution in [0, 0.1) is 6.10 Å². The van der Waals surface area contributed by atoms with E-state index in [1.807, 2.05) is 24.3 Å². The Labute approximate surface area is 66.0 Å². The molecule has 1 aromatic rings. The van der Waals surface area contributed by atoms with Crippen molar-refractivity contribution in [3.63, 3.8) is 0 Å². The van der Waals surface area contributed by atoms with Crippen molar-refractivity contribution in [2.45, 2.75) is 6.42 Å². The highest BCUT2D eigenvalue weighted by Crippen LogP contribution is 2.21. The minimum absolute atomic E-state index is 0.448. The van der Waals surface area contributed by atoms with Crippen molar-refractivity contribution in [2.24, 2.45) is 0 Å². The van der Waals surface area contributed by atoms with Crippen LogP contribution >= 0.6 is 0 Å². The molecule has 1 aliphatic rings. The predicted molar refractivity (Wildman–Crippen MR) is 44.4 cm³/mol. The quantitative estimate of drug-likeness (QED) is 0.593. The second kappa shape index (κ2) is 2.51. The van der Waals surface area contributed by atoms with Gasteiger partial charge in [0, 0.05) is 6.42 Å². The SMILES string of the molecule is O[C]1C=Cc2ccccc2C1. The molecule has 1 nitrogen and oxygen atoms in total. The van der Waals surface area contributed by atoms with Crippen LogP contribution in [0.1, 0.15) is 11.1 Å². The number of rotatable bonds is 0. The number of aliphatic hydroxyl groups is 1. The van der Waals surface area contributed by atoms with E-state index in [1.165, 1.54) is 11.1 Å². The van der Waals surface area contributed by atoms with Crippen LogP contribution in [0.25, 0.3) is 6.08 Å². The Morgan fingerprint density at radius 3 is 2.82 bits per heavy atom. The molecule has 1 heteroatoms. The van der Waals surface area contributed by atoms with Crippen molar-refractivity contribution in [1.82, 2.24) is 0 Å². The van der Waals surface area contributed by atoms with E-state index in [0.717, 1.165) is 0 Å². The molecule has 1 aliphatic carbocycles. The van der Waals surface area contributed by atoms with Gasteiger partial charge < -0.3 is 5.11 Å². The molecule has 0 heterocycles. The molecule has 0 aliphatic heterocycles. The summed E-state index contributed by atoms with van der Waals surface area (Å²) in [5.74, 6) is 0. The first-order valence-corrected chi connectivity index (χ1v) is 3.67. The minimum Gasteiger partial charge on any atom is -0.382 e. The molecule has 55 valence electrons. The van der Waals surface area contributed by atoms with E-state index in [-0.39, 0.29) is 0 Å². The van der Waals surface area contributed by atoms with Crippen molar-refractivity contribution in [3.05, 3.63) is 47.6 Å². The number of fused-ring (bicyclic) bond motifs is 1. The van der Waals surface area contributed by atoms with Gasteiger partial charge in [0.05, 0.1) is 0 Å². The number of hydrogen-bond donors (Lipinski definition) is 1. The molecule has 0 unspecified atom stereocenters. The molecular weight excluding hydrogens is 136 g/mol. The van der Waals surface area contributed by atoms with Crippen LogP contribution in [0.5, 0.6) is 0 Å². The van der Waals surface area contributed by atoms with Crippen molar-refractivity contribution >= 4 is 6.08 Å². The Kier molecular flexibility index (Phi) is 1.51. The third-order valence-corrected chi connectivity index (χ3v) is 1.88. The smallest absolute Gasteiger partial charge is 0.120 e. The van der Waals surface area contributed by atoms with Gasteiger partial charge in [-0.2, -0.15) is 0 Å². The highest BCUT2D eigenvalue weighted by Gasteiger charge is 2.09. The Balaban J connectivity index is 2.46. The summed E-state index contributed by atoms with van der Waals surface area (Å²) in [6.07, 6.45) is 4.81. The van der Waals surface area contributed by atoms with Gasteiger partial charge in [-0.05, 0) is 17.2 Å². The summed E-state index contributed by atoms with van der Waals surface area (Å²) in [5, 5.41) is 9.19. The van der Waals surface area contributed by atoms with E-state index >= 15 is 0 Å². The highest BCUT2D eigenvalue weighted by atomic mass is 16.3. The third kappa shape index (κ3) is 1.19. The lowest BCUT2D eigenvalue weighted by molar-refractivity contribution is 0.329. The molecule has 0 bridgehead atoms. The molecule has 1 radical (unpaired) electrons. The van der Waals surface area contributed by atoms with Gasteiger partial charge in [0.25, 0.3) is 0 Å². The van der Waals surface area contributed by atoms with Gasteiger partial charge in [0.1, 0.15) is 6.10 Å². The van der Waals surface area contributed by atoms with Crippen molar-refractivity contribution in [2.75, 3.05) is 0 Å². The summed E-state index contributed by atoms with van der Waals surface area (Å²) in [5.41, 5.74) is 2.41. The topological polar surface area (TPSA) is 20.2 Å². The molecular formula is C10H9O. The fraction of sp³-hybridized carbons (Fsp3) is 0.100. The maximum absolute atomic E-state index is 9.19. The van der Waals surface area contributed by atoms with Crippen molar-refractivity contribution in [1.29, 1.82) is 0 Å². The van der Waals surface area contributed by atoms with Crippen molar-refractivity contribution in [3.8, 4) is 0 Å². The zero-order chi connectivity index (χ0) is 7.68. The fourth-order valence-electron chi connectivity index (χ4n) is 1.30. The Morgan fingerprint density at radius 2 is 1.91 bits per heavy atom. The normalized spacial score (nSPS) is 16.5. The van der Waals surface area contributed by atoms with Crippen LogP contribution < -0.4 is 0 Å². The van der Waals surface area contributed by atoms with Gasteiger partial charge in [-0.3, -0.25) is 0 Å². The lowest BCUT2D eigenvalue weighted by atomic mass is 9.96. The molecule has 0 spiro atoms. The first kappa shape index (κ1) is 6.62. The zero-order valence-corrected chi connectivity index (χ0v) is 6.12. The monoisotopic (exact) mass is 145 g/mol. The average molecular weight is 145 g/mol. The predicted octanol–water partition coefficient (Wildman–Crippen LogP) is 2.16. The van der Waals surface area contributed by atoms with Crippen LogP contribution in [0.2, 0.25) is 0 Å². The highest BCUT2D eigenvalue weighted by molar-refractivity contribution is 5.59. The maximum atomic E-state index is 9.19. The standard InChI is InChI=1S/C10H9O/c11-10-6-5-8-3-1-2-4-9(8)7-10/h1-6,11H,7H2. The first-order valence-electron chi connectivity index (χ1n) is 3.67. The number of aliphatic hydroxyl groups excluding tert-OH is 1. The summed E-state index contributed by atoms with van der Waals surface area (Å²) in [7, 11) is 0. The van der Waals surface area contributed by atoms with E-state index in [9.17, 15) is 5.11 Å². The van der Waals surface area contributed by atoms with Gasteiger partial charge in [-0.1, -0.05) is 30.3 Å². The van der Waals surface area contributed by atoms with Crippen LogP contribution in [-0.2, 0) is 6.42 Å². The molecule has 0 atom stereocenters. The molecule has 0 aromatic heterocycles. The molecule has 11 heavy (non-hydrogen) atoms. The lowest BCUT2D eigenvalue weighted by Crippen LogP contribution is -2.02. The first-order chi connectivity index (χ1) is 5.36. The third-order valence-electron chi connectivity index (χ3n) is 1.88. The molecule has 0 saturated heterocycles. The van der Waals surface area contributed by atoms with Gasteiger partial charge in [0.2, 0.25) is 0 Å². The van der Waals surface area contributed by atoms with Gasteiger partial charge in [0.15, 0.2) is 0 Å². The lowest BCUT2D eigenvalue weighted by Gasteiger charge is -2.12. The molecule has 0 saturated carbocycles. The van der Waals surface area contributed by atoms with Gasteiger partial charge in [-0.25, -0.2) is 0 Å². The molecule has 2 rings (SSSR count). The van der Waals surface area contributed by atoms with Crippen LogP contribution in [0.4, 0.5) is 0 Å². The molecule has 0 amide bonds. The van der Waals surface area contributed by atoms with Crippen LogP contribution in [0.15, 0.2) is 30.3 Å². The maximum Gasteiger partial charge on any atom is 0.120 e. The second-order valence-corrected chi connectivity index (χ2v) is 2.70. The van der Waals surface area contributed by atoms with E-state index in [0.29, 0.717) is 12.5 Å². The zero-order valence-electron chi connectivity index (χ0n) is 6.12. The van der Waals surface area contributed by atoms with Crippen LogP contribution in [-0.4, -0.2) is 5.11 Å². The van der Waals surface area contributed by atoms with E-state index < -0.39 is 0 Å². The van der Waals surface area contributed by atoms with Crippen molar-refractivity contribution < 1.29 is 5.11 Å². The second-order valence-electron chi connectivity index (χ2n) is 2.70. The Morgan fingerprint density at radius 1 is 1.09 bits per heavy atom. The molecule has 1 aromatic carbocycles. The summed E-state index contributed by atoms with van der Waals surface area (Å²) in [6.45, 7) is 0. The summed E-state index contributed by atoms with van der Waals surface area (Å²) in [6, 6.07) is 8.09. The molecule has 1 N–H and O–H groups in total. The summed E-state index contributed by atoms with van der Waals surface area (Å²) in [4.78, 5) is 0. The summed E-state index contributed by atoms with van der Waals surface area (Å²) < 4.78 is 0. The van der Waals surface area contributed by atoms with E-state index in [2.05, 4.69) is 6.07 Å². The Bertz CT molecular complexity index is 289.